The molecule has 3 rings (SSSR count). The number of β-amino-alcohol motifs (C(OH)–C–C–N with tert-alkyl or cyclic N) is 1. The zero-order valence-corrected chi connectivity index (χ0v) is 11.0. The fourth-order valence-electron chi connectivity index (χ4n) is 2.73. The summed E-state index contributed by atoms with van der Waals surface area (Å²) >= 11 is 0. The molecule has 1 unspecified atom stereocenters. The smallest absolute Gasteiger partial charge is 0.166 e. The van der Waals surface area contributed by atoms with E-state index in [1.54, 1.807) is 10.9 Å². The van der Waals surface area contributed by atoms with E-state index >= 15 is 0 Å². The summed E-state index contributed by atoms with van der Waals surface area (Å²) < 4.78 is 1.80. The number of aryl methyl sites for hydroxylation is 1. The molecular formula is C14H18N4O. The lowest BCUT2D eigenvalue weighted by Crippen LogP contribution is -2.33. The van der Waals surface area contributed by atoms with Crippen LogP contribution in [0.1, 0.15) is 17.8 Å². The Kier molecular flexibility index (Phi) is 3.08. The zero-order valence-electron chi connectivity index (χ0n) is 11.0. The standard InChI is InChI=1S/C14H18N4O/c1-17-11-15-16-13(17)14(19)7-8-18(10-14)9-12-5-3-2-4-6-12/h2-6,11,19H,7-10H2,1H3. The molecule has 2 heterocycles. The highest BCUT2D eigenvalue weighted by Gasteiger charge is 2.40. The number of nitrogens with zero attached hydrogens (tertiary/aromatic N) is 4. The summed E-state index contributed by atoms with van der Waals surface area (Å²) in [5.74, 6) is 0.656. The van der Waals surface area contributed by atoms with Crippen LogP contribution in [0.25, 0.3) is 0 Å². The van der Waals surface area contributed by atoms with Gasteiger partial charge in [0.05, 0.1) is 0 Å². The molecule has 1 aliphatic heterocycles. The molecule has 0 amide bonds. The van der Waals surface area contributed by atoms with Crippen LogP contribution in [0.15, 0.2) is 36.7 Å². The summed E-state index contributed by atoms with van der Waals surface area (Å²) in [6.07, 6.45) is 2.33. The van der Waals surface area contributed by atoms with Crippen molar-refractivity contribution in [2.24, 2.45) is 7.05 Å². The Morgan fingerprint density at radius 3 is 2.79 bits per heavy atom. The van der Waals surface area contributed by atoms with Crippen molar-refractivity contribution in [2.75, 3.05) is 13.1 Å². The molecule has 1 N–H and O–H groups in total. The van der Waals surface area contributed by atoms with E-state index in [-0.39, 0.29) is 0 Å². The summed E-state index contributed by atoms with van der Waals surface area (Å²) in [7, 11) is 1.87. The molecule has 5 heteroatoms. The number of hydrogen-bond donors (Lipinski definition) is 1. The molecule has 1 aromatic heterocycles. The number of hydrogen-bond acceptors (Lipinski definition) is 4. The highest BCUT2D eigenvalue weighted by atomic mass is 16.3. The summed E-state index contributed by atoms with van der Waals surface area (Å²) in [6, 6.07) is 10.3. The predicted molar refractivity (Wildman–Crippen MR) is 71.2 cm³/mol. The molecule has 1 fully saturated rings. The highest BCUT2D eigenvalue weighted by Crippen LogP contribution is 2.30. The molecule has 0 spiro atoms. The normalized spacial score (nSPS) is 23.9. The van der Waals surface area contributed by atoms with Gasteiger partial charge in [0, 0.05) is 26.7 Å². The SMILES string of the molecule is Cn1cnnc1C1(O)CCN(Cc2ccccc2)C1. The second-order valence-corrected chi connectivity index (χ2v) is 5.24. The molecule has 1 aliphatic rings. The Morgan fingerprint density at radius 2 is 2.11 bits per heavy atom. The third kappa shape index (κ3) is 2.39. The lowest BCUT2D eigenvalue weighted by molar-refractivity contribution is 0.0333. The number of aliphatic hydroxyl groups is 1. The minimum Gasteiger partial charge on any atom is -0.380 e. The monoisotopic (exact) mass is 258 g/mol. The van der Waals surface area contributed by atoms with Crippen LogP contribution in [0.2, 0.25) is 0 Å². The third-order valence-corrected chi connectivity index (χ3v) is 3.70. The Balaban J connectivity index is 1.72. The number of rotatable bonds is 3. The van der Waals surface area contributed by atoms with Crippen molar-refractivity contribution < 1.29 is 5.11 Å². The second-order valence-electron chi connectivity index (χ2n) is 5.24. The van der Waals surface area contributed by atoms with Crippen molar-refractivity contribution in [2.45, 2.75) is 18.6 Å². The molecule has 1 atom stereocenters. The fourth-order valence-corrected chi connectivity index (χ4v) is 2.73. The van der Waals surface area contributed by atoms with Gasteiger partial charge in [0.15, 0.2) is 5.82 Å². The molecule has 0 aliphatic carbocycles. The first-order chi connectivity index (χ1) is 9.17. The first kappa shape index (κ1) is 12.3. The first-order valence-electron chi connectivity index (χ1n) is 6.50. The van der Waals surface area contributed by atoms with Gasteiger partial charge in [-0.25, -0.2) is 0 Å². The maximum absolute atomic E-state index is 10.7. The van der Waals surface area contributed by atoms with Crippen LogP contribution in [-0.4, -0.2) is 37.9 Å². The van der Waals surface area contributed by atoms with E-state index in [0.717, 1.165) is 13.1 Å². The minimum atomic E-state index is -0.875. The van der Waals surface area contributed by atoms with Crippen molar-refractivity contribution >= 4 is 0 Å². The van der Waals surface area contributed by atoms with E-state index in [9.17, 15) is 5.11 Å². The number of likely N-dealkylation sites (tertiary alicyclic amines) is 1. The molecule has 2 aromatic rings. The van der Waals surface area contributed by atoms with Gasteiger partial charge in [0.2, 0.25) is 0 Å². The number of benzene rings is 1. The van der Waals surface area contributed by atoms with E-state index in [1.165, 1.54) is 5.56 Å². The van der Waals surface area contributed by atoms with Crippen molar-refractivity contribution in [3.63, 3.8) is 0 Å². The van der Waals surface area contributed by atoms with E-state index in [0.29, 0.717) is 18.8 Å². The molecule has 5 nitrogen and oxygen atoms in total. The van der Waals surface area contributed by atoms with Gasteiger partial charge in [-0.3, -0.25) is 4.90 Å². The van der Waals surface area contributed by atoms with E-state index in [1.807, 2.05) is 25.2 Å². The molecule has 0 bridgehead atoms. The van der Waals surface area contributed by atoms with Crippen molar-refractivity contribution in [1.29, 1.82) is 0 Å². The van der Waals surface area contributed by atoms with Crippen LogP contribution in [0.5, 0.6) is 0 Å². The maximum Gasteiger partial charge on any atom is 0.166 e. The van der Waals surface area contributed by atoms with Crippen LogP contribution in [0.4, 0.5) is 0 Å². The molecule has 1 saturated heterocycles. The van der Waals surface area contributed by atoms with Gasteiger partial charge in [0.25, 0.3) is 0 Å². The molecule has 19 heavy (non-hydrogen) atoms. The molecular weight excluding hydrogens is 240 g/mol. The Morgan fingerprint density at radius 1 is 1.32 bits per heavy atom. The third-order valence-electron chi connectivity index (χ3n) is 3.70. The Labute approximate surface area is 112 Å². The van der Waals surface area contributed by atoms with E-state index in [2.05, 4.69) is 27.2 Å². The van der Waals surface area contributed by atoms with Gasteiger partial charge >= 0.3 is 0 Å². The summed E-state index contributed by atoms with van der Waals surface area (Å²) in [5, 5.41) is 18.6. The lowest BCUT2D eigenvalue weighted by atomic mass is 10.0. The summed E-state index contributed by atoms with van der Waals surface area (Å²) in [4.78, 5) is 2.25. The van der Waals surface area contributed by atoms with Crippen molar-refractivity contribution in [3.8, 4) is 0 Å². The second kappa shape index (κ2) is 4.75. The van der Waals surface area contributed by atoms with E-state index in [4.69, 9.17) is 0 Å². The Bertz CT molecular complexity index is 554. The minimum absolute atomic E-state index is 0.606. The Hall–Kier alpha value is -1.72. The summed E-state index contributed by atoms with van der Waals surface area (Å²) in [5.41, 5.74) is 0.393. The highest BCUT2D eigenvalue weighted by molar-refractivity contribution is 5.15. The van der Waals surface area contributed by atoms with E-state index < -0.39 is 5.60 Å². The van der Waals surface area contributed by atoms with Crippen LogP contribution in [0.3, 0.4) is 0 Å². The van der Waals surface area contributed by atoms with Crippen LogP contribution in [-0.2, 0) is 19.2 Å². The van der Waals surface area contributed by atoms with Gasteiger partial charge in [-0.2, -0.15) is 0 Å². The zero-order chi connectivity index (χ0) is 13.3. The van der Waals surface area contributed by atoms with Gasteiger partial charge in [-0.1, -0.05) is 30.3 Å². The topological polar surface area (TPSA) is 54.2 Å². The van der Waals surface area contributed by atoms with Gasteiger partial charge in [-0.05, 0) is 12.0 Å². The van der Waals surface area contributed by atoms with Crippen LogP contribution in [0, 0.1) is 0 Å². The first-order valence-corrected chi connectivity index (χ1v) is 6.50. The maximum atomic E-state index is 10.7. The summed E-state index contributed by atoms with van der Waals surface area (Å²) in [6.45, 7) is 2.34. The van der Waals surface area contributed by atoms with Gasteiger partial charge in [-0.15, -0.1) is 10.2 Å². The largest absolute Gasteiger partial charge is 0.380 e. The predicted octanol–water partition coefficient (Wildman–Crippen LogP) is 0.909. The molecule has 0 saturated carbocycles. The average molecular weight is 258 g/mol. The average Bonchev–Trinajstić information content (AvgIpc) is 2.98. The molecule has 1 aromatic carbocycles. The van der Waals surface area contributed by atoms with Crippen molar-refractivity contribution in [1.82, 2.24) is 19.7 Å². The quantitative estimate of drug-likeness (QED) is 0.889. The lowest BCUT2D eigenvalue weighted by Gasteiger charge is -2.22. The van der Waals surface area contributed by atoms with Crippen LogP contribution >= 0.6 is 0 Å². The number of aromatic nitrogens is 3. The molecule has 0 radical (unpaired) electrons. The fraction of sp³-hybridized carbons (Fsp3) is 0.429. The van der Waals surface area contributed by atoms with Gasteiger partial charge in [0.1, 0.15) is 11.9 Å². The molecule has 100 valence electrons. The van der Waals surface area contributed by atoms with Crippen molar-refractivity contribution in [3.05, 3.63) is 48.0 Å². The van der Waals surface area contributed by atoms with Gasteiger partial charge < -0.3 is 9.67 Å². The van der Waals surface area contributed by atoms with Crippen LogP contribution < -0.4 is 0 Å².